The van der Waals surface area contributed by atoms with Crippen molar-refractivity contribution in [2.24, 2.45) is 0 Å². The summed E-state index contributed by atoms with van der Waals surface area (Å²) in [5.41, 5.74) is 25.8. The van der Waals surface area contributed by atoms with Crippen LogP contribution in [0.3, 0.4) is 0 Å². The first kappa shape index (κ1) is 45.4. The zero-order valence-corrected chi connectivity index (χ0v) is 44.0. The topological polar surface area (TPSA) is 9.72 Å². The van der Waals surface area contributed by atoms with Crippen LogP contribution in [0.2, 0.25) is 0 Å². The lowest BCUT2D eigenvalue weighted by Crippen LogP contribution is -2.61. The van der Waals surface area contributed by atoms with E-state index in [0.29, 0.717) is 0 Å². The van der Waals surface area contributed by atoms with Crippen LogP contribution < -0.4 is 31.1 Å². The van der Waals surface area contributed by atoms with Crippen LogP contribution in [0.25, 0.3) is 11.1 Å². The van der Waals surface area contributed by atoms with E-state index in [4.69, 9.17) is 0 Å². The second kappa shape index (κ2) is 15.6. The first-order valence-corrected chi connectivity index (χ1v) is 26.0. The minimum absolute atomic E-state index is 0.0101. The van der Waals surface area contributed by atoms with E-state index in [9.17, 15) is 0 Å². The molecule has 0 aromatic heterocycles. The number of aryl methyl sites for hydroxylation is 1. The Morgan fingerprint density at radius 1 is 0.423 bits per heavy atom. The SMILES string of the molecule is Cc1ccc(-c2ccccc2)cc1N1c2ccc(C(C)(C)C)cc2B2c3cc4c(cc3N(c3ccc5c(c3)C(C)(C)CC5(C)C)c3cc(N(c5ccccc5)c5ccccc5)cc1c32)C(C)(C)CC4(C)C. The first-order valence-electron chi connectivity index (χ1n) is 26.0. The number of para-hydroxylation sites is 2. The maximum absolute atomic E-state index is 2.69. The molecule has 354 valence electrons. The van der Waals surface area contributed by atoms with E-state index < -0.39 is 0 Å². The Morgan fingerprint density at radius 3 is 1.56 bits per heavy atom. The smallest absolute Gasteiger partial charge is 0.252 e. The summed E-state index contributed by atoms with van der Waals surface area (Å²) >= 11 is 0. The summed E-state index contributed by atoms with van der Waals surface area (Å²) in [5, 5.41) is 0. The second-order valence-corrected chi connectivity index (χ2v) is 25.0. The first-order chi connectivity index (χ1) is 33.7. The molecule has 12 rings (SSSR count). The number of hydrogen-bond donors (Lipinski definition) is 0. The van der Waals surface area contributed by atoms with Gasteiger partial charge in [0.25, 0.3) is 6.71 Å². The summed E-state index contributed by atoms with van der Waals surface area (Å²) in [6.07, 6.45) is 2.22. The summed E-state index contributed by atoms with van der Waals surface area (Å²) in [6.45, 7) is 29.0. The highest BCUT2D eigenvalue weighted by molar-refractivity contribution is 7.00. The quantitative estimate of drug-likeness (QED) is 0.154. The number of fused-ring (bicyclic) bond motifs is 6. The van der Waals surface area contributed by atoms with E-state index in [-0.39, 0.29) is 33.8 Å². The largest absolute Gasteiger partial charge is 0.311 e. The molecule has 2 heterocycles. The van der Waals surface area contributed by atoms with Crippen LogP contribution in [0, 0.1) is 6.92 Å². The molecule has 0 saturated heterocycles. The Labute approximate surface area is 424 Å². The van der Waals surface area contributed by atoms with E-state index in [1.165, 1.54) is 95.0 Å². The Hall–Kier alpha value is -6.78. The van der Waals surface area contributed by atoms with Gasteiger partial charge >= 0.3 is 0 Å². The standard InChI is InChI=1S/C67H68BN3/c1-43-28-29-45(44-22-16-13-17-23-44)34-58(43)71-57-33-30-46(63(2,3)4)35-55(57)68-56-39-53-54(67(11,12)42-66(53,9)10)40-59(56)70(49-31-32-51-52(36-49)65(7,8)41-64(51,5)6)60-37-50(38-61(71)62(60)68)69(47-24-18-14-19-25-47)48-26-20-15-21-27-48/h13-40H,41-42H2,1-12H3. The number of nitrogens with zero attached hydrogens (tertiary/aromatic N) is 3. The molecule has 0 atom stereocenters. The molecule has 8 aromatic carbocycles. The summed E-state index contributed by atoms with van der Waals surface area (Å²) in [5.74, 6) is 0. The molecule has 0 amide bonds. The van der Waals surface area contributed by atoms with E-state index in [1.807, 2.05) is 0 Å². The van der Waals surface area contributed by atoms with Crippen LogP contribution in [0.15, 0.2) is 170 Å². The molecule has 8 aromatic rings. The van der Waals surface area contributed by atoms with Crippen molar-refractivity contribution in [2.75, 3.05) is 14.7 Å². The minimum atomic E-state index is -0.0552. The Morgan fingerprint density at radius 2 is 0.958 bits per heavy atom. The van der Waals surface area contributed by atoms with Gasteiger partial charge in [0, 0.05) is 45.5 Å². The zero-order chi connectivity index (χ0) is 49.6. The molecule has 2 aliphatic carbocycles. The fourth-order valence-electron chi connectivity index (χ4n) is 14.0. The predicted molar refractivity (Wildman–Crippen MR) is 305 cm³/mol. The molecule has 0 unspecified atom stereocenters. The number of anilines is 9. The van der Waals surface area contributed by atoms with Gasteiger partial charge in [-0.05, 0) is 174 Å². The molecular weight excluding hydrogens is 858 g/mol. The maximum Gasteiger partial charge on any atom is 0.252 e. The monoisotopic (exact) mass is 926 g/mol. The lowest BCUT2D eigenvalue weighted by Gasteiger charge is -2.46. The molecule has 0 bridgehead atoms. The van der Waals surface area contributed by atoms with Gasteiger partial charge in [-0.2, -0.15) is 0 Å². The molecule has 0 spiro atoms. The third-order valence-electron chi connectivity index (χ3n) is 16.8. The van der Waals surface area contributed by atoms with Crippen LogP contribution in [-0.4, -0.2) is 6.71 Å². The van der Waals surface area contributed by atoms with Crippen LogP contribution >= 0.6 is 0 Å². The molecule has 0 radical (unpaired) electrons. The Bertz CT molecular complexity index is 3390. The maximum atomic E-state index is 2.69. The molecule has 4 aliphatic rings. The molecule has 0 saturated carbocycles. The van der Waals surface area contributed by atoms with Crippen LogP contribution in [0.4, 0.5) is 51.2 Å². The third kappa shape index (κ3) is 7.14. The normalized spacial score (nSPS) is 17.3. The zero-order valence-electron chi connectivity index (χ0n) is 44.0. The van der Waals surface area contributed by atoms with Gasteiger partial charge in [-0.25, -0.2) is 0 Å². The lowest BCUT2D eigenvalue weighted by atomic mass is 9.33. The highest BCUT2D eigenvalue weighted by Gasteiger charge is 2.49. The molecule has 0 N–H and O–H groups in total. The van der Waals surface area contributed by atoms with E-state index in [1.54, 1.807) is 0 Å². The average molecular weight is 926 g/mol. The Kier molecular flexibility index (Phi) is 9.98. The van der Waals surface area contributed by atoms with E-state index >= 15 is 0 Å². The summed E-state index contributed by atoms with van der Waals surface area (Å²) < 4.78 is 0. The predicted octanol–water partition coefficient (Wildman–Crippen LogP) is 16.4. The fraction of sp³-hybridized carbons (Fsp3) is 0.284. The fourth-order valence-corrected chi connectivity index (χ4v) is 14.0. The van der Waals surface area contributed by atoms with Gasteiger partial charge in [-0.15, -0.1) is 0 Å². The van der Waals surface area contributed by atoms with E-state index in [0.717, 1.165) is 29.9 Å². The minimum Gasteiger partial charge on any atom is -0.311 e. The van der Waals surface area contributed by atoms with Crippen LogP contribution in [-0.2, 0) is 27.1 Å². The number of hydrogen-bond acceptors (Lipinski definition) is 3. The highest BCUT2D eigenvalue weighted by atomic mass is 15.2. The van der Waals surface area contributed by atoms with Gasteiger partial charge in [-0.3, -0.25) is 0 Å². The van der Waals surface area contributed by atoms with Gasteiger partial charge in [0.05, 0.1) is 5.69 Å². The van der Waals surface area contributed by atoms with Crippen molar-refractivity contribution in [1.82, 2.24) is 0 Å². The molecule has 3 nitrogen and oxygen atoms in total. The van der Waals surface area contributed by atoms with Crippen molar-refractivity contribution in [3.8, 4) is 11.1 Å². The third-order valence-corrected chi connectivity index (χ3v) is 16.8. The van der Waals surface area contributed by atoms with Gasteiger partial charge in [0.2, 0.25) is 0 Å². The van der Waals surface area contributed by atoms with E-state index in [2.05, 4.69) is 268 Å². The summed E-state index contributed by atoms with van der Waals surface area (Å²) in [7, 11) is 0. The van der Waals surface area contributed by atoms with Crippen LogP contribution in [0.5, 0.6) is 0 Å². The van der Waals surface area contributed by atoms with Gasteiger partial charge in [0.15, 0.2) is 0 Å². The van der Waals surface area contributed by atoms with Crippen molar-refractivity contribution in [2.45, 2.75) is 123 Å². The van der Waals surface area contributed by atoms with Crippen molar-refractivity contribution in [1.29, 1.82) is 0 Å². The van der Waals surface area contributed by atoms with Gasteiger partial charge in [-0.1, -0.05) is 179 Å². The Balaban J connectivity index is 1.25. The molecule has 2 aliphatic heterocycles. The lowest BCUT2D eigenvalue weighted by molar-refractivity contribution is 0.403. The number of benzene rings is 8. The van der Waals surface area contributed by atoms with Crippen LogP contribution in [0.1, 0.15) is 122 Å². The molecule has 4 heteroatoms. The summed E-state index contributed by atoms with van der Waals surface area (Å²) in [6, 6.07) is 65.1. The van der Waals surface area contributed by atoms with Crippen molar-refractivity contribution in [3.05, 3.63) is 203 Å². The molecule has 71 heavy (non-hydrogen) atoms. The molecular formula is C67H68BN3. The highest BCUT2D eigenvalue weighted by Crippen LogP contribution is 2.56. The second-order valence-electron chi connectivity index (χ2n) is 25.0. The van der Waals surface area contributed by atoms with Crippen molar-refractivity contribution < 1.29 is 0 Å². The summed E-state index contributed by atoms with van der Waals surface area (Å²) in [4.78, 5) is 7.79. The van der Waals surface area contributed by atoms with Gasteiger partial charge in [0.1, 0.15) is 0 Å². The average Bonchev–Trinajstić information content (AvgIpc) is 3.65. The van der Waals surface area contributed by atoms with Crippen molar-refractivity contribution >= 4 is 74.3 Å². The van der Waals surface area contributed by atoms with Crippen molar-refractivity contribution in [3.63, 3.8) is 0 Å². The van der Waals surface area contributed by atoms with Gasteiger partial charge < -0.3 is 14.7 Å². The number of rotatable bonds is 6. The molecule has 0 fully saturated rings.